The molecular formula is C29H31ClN6O4S. The monoisotopic (exact) mass is 594 g/mol. The van der Waals surface area contributed by atoms with Gasteiger partial charge in [-0.3, -0.25) is 5.10 Å². The molecule has 0 saturated carbocycles. The van der Waals surface area contributed by atoms with Gasteiger partial charge in [0.25, 0.3) is 5.71 Å². The summed E-state index contributed by atoms with van der Waals surface area (Å²) in [5.41, 5.74) is 4.40. The highest BCUT2D eigenvalue weighted by Crippen LogP contribution is 2.33. The maximum Gasteiger partial charge on any atom is 0.254 e. The number of H-pyrrole nitrogens is 1. The highest BCUT2D eigenvalue weighted by molar-refractivity contribution is 7.99. The Labute approximate surface area is 246 Å². The molecule has 2 N–H and O–H groups in total. The van der Waals surface area contributed by atoms with Gasteiger partial charge in [-0.15, -0.1) is 5.10 Å². The Kier molecular flexibility index (Phi) is 9.06. The Bertz CT molecular complexity index is 1620. The smallest absolute Gasteiger partial charge is 0.254 e. The third-order valence-corrected chi connectivity index (χ3v) is 7.45. The Hall–Kier alpha value is -3.67. The van der Waals surface area contributed by atoms with Gasteiger partial charge >= 0.3 is 0 Å². The molecule has 5 aromatic rings. The van der Waals surface area contributed by atoms with Crippen molar-refractivity contribution in [3.8, 4) is 23.1 Å². The van der Waals surface area contributed by atoms with E-state index >= 15 is 0 Å². The van der Waals surface area contributed by atoms with Crippen LogP contribution in [0.4, 0.5) is 0 Å². The van der Waals surface area contributed by atoms with Crippen LogP contribution in [-0.2, 0) is 12.8 Å². The van der Waals surface area contributed by atoms with Crippen molar-refractivity contribution in [1.82, 2.24) is 30.1 Å². The first kappa shape index (κ1) is 28.8. The number of aromatic amines is 1. The summed E-state index contributed by atoms with van der Waals surface area (Å²) in [5, 5.41) is 18.8. The summed E-state index contributed by atoms with van der Waals surface area (Å²) in [6.07, 6.45) is 0.594. The molecule has 0 bridgehead atoms. The summed E-state index contributed by atoms with van der Waals surface area (Å²) in [6, 6.07) is 11.4. The molecule has 0 radical (unpaired) electrons. The van der Waals surface area contributed by atoms with Gasteiger partial charge in [0.1, 0.15) is 24.0 Å². The standard InChI is InChI=1S/C29H31ClN6O4S/c1-5-22-33-29(36-35-22)41-15-21(37)14-39-25-16(3)11-19(12-17(25)4)26-34-24-27(38-6-2)31-23(32-28(24)40-26)13-18-7-9-20(30)10-8-18/h7-12,21,37H,5-6,13-15H2,1-4H3,(H,33,35,36). The Morgan fingerprint density at radius 2 is 1.78 bits per heavy atom. The molecule has 1 unspecified atom stereocenters. The second kappa shape index (κ2) is 12.9. The van der Waals surface area contributed by atoms with E-state index in [9.17, 15) is 5.11 Å². The number of aliphatic hydroxyl groups excluding tert-OH is 1. The first-order chi connectivity index (χ1) is 19.8. The van der Waals surface area contributed by atoms with Crippen molar-refractivity contribution >= 4 is 34.6 Å². The predicted molar refractivity (Wildman–Crippen MR) is 158 cm³/mol. The van der Waals surface area contributed by atoms with Crippen LogP contribution >= 0.6 is 23.4 Å². The van der Waals surface area contributed by atoms with Gasteiger partial charge in [-0.1, -0.05) is 42.4 Å². The largest absolute Gasteiger partial charge is 0.490 e. The van der Waals surface area contributed by atoms with Crippen molar-refractivity contribution in [3.05, 3.63) is 69.8 Å². The summed E-state index contributed by atoms with van der Waals surface area (Å²) in [4.78, 5) is 18.3. The molecule has 1 atom stereocenters. The highest BCUT2D eigenvalue weighted by atomic mass is 35.5. The van der Waals surface area contributed by atoms with Gasteiger partial charge < -0.3 is 19.0 Å². The molecule has 3 aromatic heterocycles. The van der Waals surface area contributed by atoms with Crippen LogP contribution in [0.25, 0.3) is 22.7 Å². The van der Waals surface area contributed by atoms with Crippen LogP contribution in [0.3, 0.4) is 0 Å². The van der Waals surface area contributed by atoms with Crippen molar-refractivity contribution in [1.29, 1.82) is 0 Å². The molecule has 0 aliphatic rings. The van der Waals surface area contributed by atoms with E-state index < -0.39 is 6.10 Å². The number of rotatable bonds is 12. The average Bonchev–Trinajstić information content (AvgIpc) is 3.60. The van der Waals surface area contributed by atoms with E-state index in [0.29, 0.717) is 63.5 Å². The molecular weight excluding hydrogens is 564 g/mol. The van der Waals surface area contributed by atoms with E-state index in [1.165, 1.54) is 11.8 Å². The van der Waals surface area contributed by atoms with E-state index in [1.54, 1.807) is 0 Å². The second-order valence-electron chi connectivity index (χ2n) is 9.49. The zero-order valence-electron chi connectivity index (χ0n) is 23.3. The molecule has 0 amide bonds. The highest BCUT2D eigenvalue weighted by Gasteiger charge is 2.19. The minimum absolute atomic E-state index is 0.145. The summed E-state index contributed by atoms with van der Waals surface area (Å²) >= 11 is 7.41. The fourth-order valence-electron chi connectivity index (χ4n) is 4.26. The minimum atomic E-state index is -0.684. The van der Waals surface area contributed by atoms with Crippen molar-refractivity contribution in [2.75, 3.05) is 19.0 Å². The van der Waals surface area contributed by atoms with Crippen LogP contribution in [0.5, 0.6) is 11.6 Å². The fraction of sp³-hybridized carbons (Fsp3) is 0.345. The number of thioether (sulfide) groups is 1. The zero-order chi connectivity index (χ0) is 28.9. The molecule has 214 valence electrons. The molecule has 0 aliphatic heterocycles. The van der Waals surface area contributed by atoms with Crippen LogP contribution < -0.4 is 9.47 Å². The lowest BCUT2D eigenvalue weighted by molar-refractivity contribution is 0.125. The van der Waals surface area contributed by atoms with Gasteiger partial charge in [0.05, 0.1) is 12.7 Å². The summed E-state index contributed by atoms with van der Waals surface area (Å²) in [6.45, 7) is 8.37. The third kappa shape index (κ3) is 6.98. The number of ether oxygens (including phenoxy) is 2. The molecule has 41 heavy (non-hydrogen) atoms. The number of nitrogens with one attached hydrogen (secondary N) is 1. The lowest BCUT2D eigenvalue weighted by Gasteiger charge is -2.16. The molecule has 3 heterocycles. The number of aliphatic hydroxyl groups is 1. The van der Waals surface area contributed by atoms with Crippen LogP contribution in [0, 0.1) is 13.8 Å². The number of aromatic nitrogens is 6. The van der Waals surface area contributed by atoms with E-state index in [4.69, 9.17) is 25.5 Å². The SMILES string of the molecule is CCOc1nc(Cc2ccc(Cl)cc2)nc2oc(-c3cc(C)c(OCC(O)CSc4n[nH]c(CC)n4)c(C)c3)nc12. The van der Waals surface area contributed by atoms with E-state index in [-0.39, 0.29) is 6.61 Å². The first-order valence-electron chi connectivity index (χ1n) is 13.3. The minimum Gasteiger partial charge on any atom is -0.490 e. The predicted octanol–water partition coefficient (Wildman–Crippen LogP) is 5.76. The molecule has 12 heteroatoms. The van der Waals surface area contributed by atoms with Crippen LogP contribution in [0.15, 0.2) is 46.0 Å². The van der Waals surface area contributed by atoms with Crippen LogP contribution in [-0.4, -0.2) is 60.3 Å². The molecule has 10 nitrogen and oxygen atoms in total. The third-order valence-electron chi connectivity index (χ3n) is 6.21. The molecule has 0 spiro atoms. The quantitative estimate of drug-likeness (QED) is 0.172. The Morgan fingerprint density at radius 1 is 1.02 bits per heavy atom. The van der Waals surface area contributed by atoms with Crippen LogP contribution in [0.2, 0.25) is 5.02 Å². The van der Waals surface area contributed by atoms with E-state index in [2.05, 4.69) is 30.1 Å². The Balaban J connectivity index is 1.32. The van der Waals surface area contributed by atoms with E-state index in [0.717, 1.165) is 34.5 Å². The summed E-state index contributed by atoms with van der Waals surface area (Å²) < 4.78 is 17.9. The van der Waals surface area contributed by atoms with Gasteiger partial charge in [0.15, 0.2) is 5.52 Å². The van der Waals surface area contributed by atoms with Crippen molar-refractivity contribution in [3.63, 3.8) is 0 Å². The first-order valence-corrected chi connectivity index (χ1v) is 14.7. The number of nitrogens with zero attached hydrogens (tertiary/aromatic N) is 5. The van der Waals surface area contributed by atoms with Crippen molar-refractivity contribution in [2.24, 2.45) is 0 Å². The second-order valence-corrected chi connectivity index (χ2v) is 10.9. The number of hydrogen-bond donors (Lipinski definition) is 2. The molecule has 2 aromatic carbocycles. The summed E-state index contributed by atoms with van der Waals surface area (Å²) in [5.74, 6) is 3.30. The van der Waals surface area contributed by atoms with Gasteiger partial charge in [0.2, 0.25) is 16.9 Å². The number of halogens is 1. The van der Waals surface area contributed by atoms with Crippen LogP contribution in [0.1, 0.15) is 42.2 Å². The molecule has 0 fully saturated rings. The molecule has 5 rings (SSSR count). The van der Waals surface area contributed by atoms with Gasteiger partial charge in [-0.2, -0.15) is 9.97 Å². The number of oxazole rings is 1. The average molecular weight is 595 g/mol. The molecule has 0 saturated heterocycles. The van der Waals surface area contributed by atoms with Crippen molar-refractivity contribution in [2.45, 2.75) is 51.8 Å². The topological polar surface area (TPSA) is 132 Å². The lowest BCUT2D eigenvalue weighted by atomic mass is 10.1. The van der Waals surface area contributed by atoms with Gasteiger partial charge in [-0.25, -0.2) is 9.97 Å². The van der Waals surface area contributed by atoms with E-state index in [1.807, 2.05) is 64.1 Å². The van der Waals surface area contributed by atoms with Gasteiger partial charge in [-0.05, 0) is 61.7 Å². The van der Waals surface area contributed by atoms with Crippen molar-refractivity contribution < 1.29 is 19.0 Å². The van der Waals surface area contributed by atoms with Gasteiger partial charge in [0, 0.05) is 29.2 Å². The number of fused-ring (bicyclic) bond motifs is 1. The number of aryl methyl sites for hydroxylation is 3. The lowest BCUT2D eigenvalue weighted by Crippen LogP contribution is -2.20. The Morgan fingerprint density at radius 3 is 2.46 bits per heavy atom. The fourth-order valence-corrected chi connectivity index (χ4v) is 5.11. The maximum atomic E-state index is 10.5. The maximum absolute atomic E-state index is 10.5. The number of benzene rings is 2. The molecule has 0 aliphatic carbocycles. The summed E-state index contributed by atoms with van der Waals surface area (Å²) in [7, 11) is 0. The number of hydrogen-bond acceptors (Lipinski definition) is 10. The normalized spacial score (nSPS) is 12.1. The zero-order valence-corrected chi connectivity index (χ0v) is 24.8.